The van der Waals surface area contributed by atoms with Crippen molar-refractivity contribution in [3.63, 3.8) is 0 Å². The number of hydrogen-bond acceptors (Lipinski definition) is 2. The van der Waals surface area contributed by atoms with E-state index in [-0.39, 0.29) is 32.0 Å². The van der Waals surface area contributed by atoms with E-state index in [1.165, 1.54) is 4.90 Å². The van der Waals surface area contributed by atoms with Crippen molar-refractivity contribution >= 4 is 16.8 Å². The molecular weight excluding hydrogens is 319 g/mol. The molecular formula is C17H20F3N3O. The first-order chi connectivity index (χ1) is 11.3. The molecule has 1 saturated heterocycles. The van der Waals surface area contributed by atoms with Crippen LogP contribution in [0.1, 0.15) is 12.0 Å². The molecule has 0 bridgehead atoms. The molecule has 7 heteroatoms. The fourth-order valence-corrected chi connectivity index (χ4v) is 3.42. The SMILES string of the molecule is Cc1cn(CC(=O)N2CCC(C(F)(F)F)C(N)C2)c2ccccc12. The second-order valence-corrected chi connectivity index (χ2v) is 6.40. The summed E-state index contributed by atoms with van der Waals surface area (Å²) in [5, 5.41) is 1.07. The van der Waals surface area contributed by atoms with Gasteiger partial charge in [0, 0.05) is 36.2 Å². The van der Waals surface area contributed by atoms with Crippen molar-refractivity contribution in [2.75, 3.05) is 13.1 Å². The quantitative estimate of drug-likeness (QED) is 0.915. The molecule has 0 radical (unpaired) electrons. The van der Waals surface area contributed by atoms with Crippen molar-refractivity contribution in [2.24, 2.45) is 11.7 Å². The van der Waals surface area contributed by atoms with Gasteiger partial charge in [-0.3, -0.25) is 4.79 Å². The largest absolute Gasteiger partial charge is 0.393 e. The van der Waals surface area contributed by atoms with Gasteiger partial charge in [-0.1, -0.05) is 18.2 Å². The summed E-state index contributed by atoms with van der Waals surface area (Å²) in [5.41, 5.74) is 7.66. The van der Waals surface area contributed by atoms with Crippen LogP contribution in [0.2, 0.25) is 0 Å². The number of hydrogen-bond donors (Lipinski definition) is 1. The molecule has 2 aromatic rings. The molecule has 2 heterocycles. The summed E-state index contributed by atoms with van der Waals surface area (Å²) < 4.78 is 40.4. The summed E-state index contributed by atoms with van der Waals surface area (Å²) in [6, 6.07) is 6.68. The Morgan fingerprint density at radius 2 is 2.04 bits per heavy atom. The molecule has 3 rings (SSSR count). The lowest BCUT2D eigenvalue weighted by Crippen LogP contribution is -2.55. The number of carbonyl (C=O) groups excluding carboxylic acids is 1. The summed E-state index contributed by atoms with van der Waals surface area (Å²) in [6.07, 6.45) is -2.55. The maximum absolute atomic E-state index is 12.9. The maximum atomic E-state index is 12.9. The fraction of sp³-hybridized carbons (Fsp3) is 0.471. The molecule has 0 saturated carbocycles. The van der Waals surface area contributed by atoms with Crippen molar-refractivity contribution in [1.82, 2.24) is 9.47 Å². The number of para-hydroxylation sites is 1. The van der Waals surface area contributed by atoms with Gasteiger partial charge in [-0.25, -0.2) is 0 Å². The van der Waals surface area contributed by atoms with E-state index in [0.29, 0.717) is 0 Å². The van der Waals surface area contributed by atoms with Gasteiger partial charge < -0.3 is 15.2 Å². The minimum absolute atomic E-state index is 0.0544. The van der Waals surface area contributed by atoms with Crippen LogP contribution in [0.3, 0.4) is 0 Å². The minimum Gasteiger partial charge on any atom is -0.340 e. The average Bonchev–Trinajstić information content (AvgIpc) is 2.82. The summed E-state index contributed by atoms with van der Waals surface area (Å²) in [7, 11) is 0. The molecule has 4 nitrogen and oxygen atoms in total. The number of nitrogens with zero attached hydrogens (tertiary/aromatic N) is 2. The van der Waals surface area contributed by atoms with Gasteiger partial charge in [0.1, 0.15) is 6.54 Å². The van der Waals surface area contributed by atoms with Crippen molar-refractivity contribution < 1.29 is 18.0 Å². The highest BCUT2D eigenvalue weighted by Gasteiger charge is 2.46. The van der Waals surface area contributed by atoms with Crippen LogP contribution in [0.4, 0.5) is 13.2 Å². The topological polar surface area (TPSA) is 51.3 Å². The van der Waals surface area contributed by atoms with Crippen LogP contribution in [-0.2, 0) is 11.3 Å². The number of aromatic nitrogens is 1. The van der Waals surface area contributed by atoms with Gasteiger partial charge in [-0.15, -0.1) is 0 Å². The third-order valence-corrected chi connectivity index (χ3v) is 4.72. The predicted molar refractivity (Wildman–Crippen MR) is 85.4 cm³/mol. The van der Waals surface area contributed by atoms with Crippen molar-refractivity contribution in [3.05, 3.63) is 36.0 Å². The number of carbonyl (C=O) groups is 1. The van der Waals surface area contributed by atoms with Crippen molar-refractivity contribution in [1.29, 1.82) is 0 Å². The van der Waals surface area contributed by atoms with Gasteiger partial charge in [0.05, 0.1) is 5.92 Å². The van der Waals surface area contributed by atoms with E-state index < -0.39 is 18.1 Å². The van der Waals surface area contributed by atoms with Gasteiger partial charge in [-0.2, -0.15) is 13.2 Å². The molecule has 1 aliphatic rings. The fourth-order valence-electron chi connectivity index (χ4n) is 3.42. The highest BCUT2D eigenvalue weighted by molar-refractivity contribution is 5.86. The van der Waals surface area contributed by atoms with Gasteiger partial charge in [0.25, 0.3) is 0 Å². The van der Waals surface area contributed by atoms with E-state index in [2.05, 4.69) is 0 Å². The highest BCUT2D eigenvalue weighted by atomic mass is 19.4. The lowest BCUT2D eigenvalue weighted by Gasteiger charge is -2.37. The number of fused-ring (bicyclic) bond motifs is 1. The second-order valence-electron chi connectivity index (χ2n) is 6.40. The average molecular weight is 339 g/mol. The van der Waals surface area contributed by atoms with Crippen LogP contribution >= 0.6 is 0 Å². The van der Waals surface area contributed by atoms with E-state index in [0.717, 1.165) is 16.5 Å². The predicted octanol–water partition coefficient (Wildman–Crippen LogP) is 2.69. The van der Waals surface area contributed by atoms with E-state index >= 15 is 0 Å². The van der Waals surface area contributed by atoms with Crippen LogP contribution in [0, 0.1) is 12.8 Å². The van der Waals surface area contributed by atoms with E-state index in [1.807, 2.05) is 42.0 Å². The zero-order valence-corrected chi connectivity index (χ0v) is 13.4. The number of aryl methyl sites for hydroxylation is 1. The number of amides is 1. The minimum atomic E-state index is -4.30. The van der Waals surface area contributed by atoms with Gasteiger partial charge >= 0.3 is 6.18 Å². The van der Waals surface area contributed by atoms with Crippen LogP contribution in [0.25, 0.3) is 10.9 Å². The monoisotopic (exact) mass is 339 g/mol. The molecule has 1 amide bonds. The first kappa shape index (κ1) is 16.8. The van der Waals surface area contributed by atoms with Crippen molar-refractivity contribution in [3.8, 4) is 0 Å². The van der Waals surface area contributed by atoms with Gasteiger partial charge in [0.15, 0.2) is 0 Å². The number of halogens is 3. The van der Waals surface area contributed by atoms with Crippen LogP contribution in [0.5, 0.6) is 0 Å². The van der Waals surface area contributed by atoms with Crippen LogP contribution in [-0.4, -0.2) is 40.7 Å². The molecule has 24 heavy (non-hydrogen) atoms. The Labute approximate surface area is 138 Å². The van der Waals surface area contributed by atoms with E-state index in [1.54, 1.807) is 0 Å². The normalized spacial score (nSPS) is 22.1. The van der Waals surface area contributed by atoms with Gasteiger partial charge in [-0.05, 0) is 25.0 Å². The summed E-state index contributed by atoms with van der Waals surface area (Å²) in [6.45, 7) is 2.11. The standard InChI is InChI=1S/C17H20F3N3O/c1-11-8-23(15-5-3-2-4-12(11)15)10-16(24)22-7-6-13(14(21)9-22)17(18,19)20/h2-5,8,13-14H,6-7,9-10,21H2,1H3. The Morgan fingerprint density at radius 3 is 2.71 bits per heavy atom. The summed E-state index contributed by atoms with van der Waals surface area (Å²) in [5.74, 6) is -1.73. The Hall–Kier alpha value is -2.02. The second kappa shape index (κ2) is 6.12. The number of rotatable bonds is 2. The Morgan fingerprint density at radius 1 is 1.33 bits per heavy atom. The molecule has 0 spiro atoms. The molecule has 1 fully saturated rings. The van der Waals surface area contributed by atoms with Crippen LogP contribution < -0.4 is 5.73 Å². The molecule has 2 unspecified atom stereocenters. The summed E-state index contributed by atoms with van der Waals surface area (Å²) >= 11 is 0. The number of alkyl halides is 3. The zero-order chi connectivity index (χ0) is 17.5. The highest BCUT2D eigenvalue weighted by Crippen LogP contribution is 2.33. The Balaban J connectivity index is 1.72. The van der Waals surface area contributed by atoms with Gasteiger partial charge in [0.2, 0.25) is 5.91 Å². The Kier molecular flexibility index (Phi) is 4.29. The molecule has 1 aliphatic heterocycles. The third-order valence-electron chi connectivity index (χ3n) is 4.72. The van der Waals surface area contributed by atoms with E-state index in [4.69, 9.17) is 5.73 Å². The lowest BCUT2D eigenvalue weighted by molar-refractivity contribution is -0.191. The molecule has 0 aliphatic carbocycles. The first-order valence-electron chi connectivity index (χ1n) is 7.92. The molecule has 2 N–H and O–H groups in total. The Bertz CT molecular complexity index is 753. The van der Waals surface area contributed by atoms with E-state index in [9.17, 15) is 18.0 Å². The van der Waals surface area contributed by atoms with Crippen molar-refractivity contribution in [2.45, 2.75) is 32.1 Å². The first-order valence-corrected chi connectivity index (χ1v) is 7.92. The maximum Gasteiger partial charge on any atom is 0.393 e. The number of piperidine rings is 1. The molecule has 1 aromatic carbocycles. The molecule has 130 valence electrons. The van der Waals surface area contributed by atoms with Crippen LogP contribution in [0.15, 0.2) is 30.5 Å². The zero-order valence-electron chi connectivity index (χ0n) is 13.4. The smallest absolute Gasteiger partial charge is 0.340 e. The number of benzene rings is 1. The molecule has 2 atom stereocenters. The summed E-state index contributed by atoms with van der Waals surface area (Å²) in [4.78, 5) is 13.9. The molecule has 1 aromatic heterocycles. The number of nitrogens with two attached hydrogens (primary N) is 1. The third kappa shape index (κ3) is 3.13. The number of likely N-dealkylation sites (tertiary alicyclic amines) is 1. The lowest BCUT2D eigenvalue weighted by atomic mass is 9.91.